The standard InChI is InChI=1S/C14H21BrN4O3/c1-5-7-10(18-13(21)22-14(2,3)4)11(20)19(15)12-16-8-6-9-17-12/h6,8-10H,5,7H2,1-4H3,(H,18,21). The number of nitrogens with one attached hydrogen (secondary N) is 1. The van der Waals surface area contributed by atoms with E-state index in [4.69, 9.17) is 4.74 Å². The van der Waals surface area contributed by atoms with Crippen LogP contribution in [0, 0.1) is 0 Å². The highest BCUT2D eigenvalue weighted by Crippen LogP contribution is 2.15. The van der Waals surface area contributed by atoms with Crippen molar-refractivity contribution in [1.82, 2.24) is 15.3 Å². The molecule has 1 aromatic heterocycles. The molecule has 0 aliphatic rings. The van der Waals surface area contributed by atoms with E-state index in [0.717, 1.165) is 10.3 Å². The first kappa shape index (κ1) is 18.3. The Hall–Kier alpha value is -1.70. The molecule has 1 unspecified atom stereocenters. The van der Waals surface area contributed by atoms with E-state index in [-0.39, 0.29) is 11.9 Å². The lowest BCUT2D eigenvalue weighted by Crippen LogP contribution is -2.47. The zero-order valence-electron chi connectivity index (χ0n) is 13.2. The first-order chi connectivity index (χ1) is 10.2. The van der Waals surface area contributed by atoms with Crippen LogP contribution in [0.25, 0.3) is 0 Å². The summed E-state index contributed by atoms with van der Waals surface area (Å²) in [5.41, 5.74) is -0.624. The van der Waals surface area contributed by atoms with E-state index in [9.17, 15) is 9.59 Å². The second kappa shape index (κ2) is 8.07. The highest BCUT2D eigenvalue weighted by molar-refractivity contribution is 9.10. The van der Waals surface area contributed by atoms with E-state index < -0.39 is 17.7 Å². The van der Waals surface area contributed by atoms with Gasteiger partial charge in [0.1, 0.15) is 11.6 Å². The molecule has 8 heteroatoms. The van der Waals surface area contributed by atoms with Crippen LogP contribution in [-0.4, -0.2) is 33.6 Å². The van der Waals surface area contributed by atoms with Crippen molar-refractivity contribution in [3.05, 3.63) is 18.5 Å². The Morgan fingerprint density at radius 2 is 1.95 bits per heavy atom. The number of hydrogen-bond acceptors (Lipinski definition) is 5. The van der Waals surface area contributed by atoms with Crippen LogP contribution in [0.5, 0.6) is 0 Å². The molecule has 1 atom stereocenters. The molecule has 1 aromatic rings. The van der Waals surface area contributed by atoms with Gasteiger partial charge in [0.25, 0.3) is 5.91 Å². The van der Waals surface area contributed by atoms with Crippen molar-refractivity contribution in [2.24, 2.45) is 0 Å². The van der Waals surface area contributed by atoms with Gasteiger partial charge in [-0.1, -0.05) is 13.3 Å². The van der Waals surface area contributed by atoms with E-state index in [1.807, 2.05) is 6.92 Å². The quantitative estimate of drug-likeness (QED) is 0.803. The van der Waals surface area contributed by atoms with Crippen molar-refractivity contribution >= 4 is 34.1 Å². The van der Waals surface area contributed by atoms with Gasteiger partial charge >= 0.3 is 6.09 Å². The number of ether oxygens (including phenoxy) is 1. The molecule has 0 fully saturated rings. The zero-order chi connectivity index (χ0) is 16.8. The van der Waals surface area contributed by atoms with Gasteiger partial charge in [0.05, 0.1) is 16.1 Å². The lowest BCUT2D eigenvalue weighted by Gasteiger charge is -2.24. The highest BCUT2D eigenvalue weighted by Gasteiger charge is 2.28. The van der Waals surface area contributed by atoms with Gasteiger partial charge in [0.2, 0.25) is 5.95 Å². The van der Waals surface area contributed by atoms with Crippen LogP contribution in [0.3, 0.4) is 0 Å². The number of hydrogen-bond donors (Lipinski definition) is 1. The van der Waals surface area contributed by atoms with Gasteiger partial charge in [-0.2, -0.15) is 0 Å². The number of carbonyl (C=O) groups is 2. The second-order valence-corrected chi connectivity index (χ2v) is 6.36. The first-order valence-corrected chi connectivity index (χ1v) is 7.72. The largest absolute Gasteiger partial charge is 0.444 e. The van der Waals surface area contributed by atoms with Crippen LogP contribution >= 0.6 is 16.1 Å². The molecule has 0 saturated carbocycles. The molecular formula is C14H21BrN4O3. The van der Waals surface area contributed by atoms with Crippen molar-refractivity contribution in [3.63, 3.8) is 0 Å². The molecule has 0 saturated heterocycles. The minimum Gasteiger partial charge on any atom is -0.444 e. The third kappa shape index (κ3) is 5.97. The predicted octanol–water partition coefficient (Wildman–Crippen LogP) is 2.81. The Balaban J connectivity index is 2.77. The summed E-state index contributed by atoms with van der Waals surface area (Å²) < 4.78 is 6.33. The lowest BCUT2D eigenvalue weighted by molar-refractivity contribution is -0.119. The number of carbonyl (C=O) groups excluding carboxylic acids is 2. The third-order valence-electron chi connectivity index (χ3n) is 2.49. The van der Waals surface area contributed by atoms with Crippen molar-refractivity contribution < 1.29 is 14.3 Å². The zero-order valence-corrected chi connectivity index (χ0v) is 14.8. The summed E-state index contributed by atoms with van der Waals surface area (Å²) in [5.74, 6) is -0.154. The molecule has 0 radical (unpaired) electrons. The van der Waals surface area contributed by atoms with E-state index in [1.54, 1.807) is 26.8 Å². The van der Waals surface area contributed by atoms with Crippen LogP contribution in [0.2, 0.25) is 0 Å². The topological polar surface area (TPSA) is 84.4 Å². The van der Waals surface area contributed by atoms with Gasteiger partial charge in [-0.15, -0.1) is 0 Å². The van der Waals surface area contributed by atoms with Gasteiger partial charge < -0.3 is 10.1 Å². The summed E-state index contributed by atoms with van der Waals surface area (Å²) in [6.07, 6.45) is 3.63. The van der Waals surface area contributed by atoms with Crippen molar-refractivity contribution in [1.29, 1.82) is 0 Å². The van der Waals surface area contributed by atoms with Crippen molar-refractivity contribution in [2.45, 2.75) is 52.2 Å². The summed E-state index contributed by atoms with van der Waals surface area (Å²) >= 11 is 3.14. The van der Waals surface area contributed by atoms with E-state index in [2.05, 4.69) is 31.4 Å². The fourth-order valence-electron chi connectivity index (χ4n) is 1.62. The Kier molecular flexibility index (Phi) is 6.73. The number of amides is 2. The number of alkyl carbamates (subject to hydrolysis) is 1. The molecule has 2 amide bonds. The molecule has 1 N–H and O–H groups in total. The SMILES string of the molecule is CCCC(NC(=O)OC(C)(C)C)C(=O)N(Br)c1ncccn1. The maximum Gasteiger partial charge on any atom is 0.408 e. The van der Waals surface area contributed by atoms with Crippen LogP contribution in [-0.2, 0) is 9.53 Å². The average Bonchev–Trinajstić information content (AvgIpc) is 2.44. The summed E-state index contributed by atoms with van der Waals surface area (Å²) in [7, 11) is 0. The minimum atomic E-state index is -0.719. The van der Waals surface area contributed by atoms with Crippen LogP contribution in [0.1, 0.15) is 40.5 Å². The molecule has 0 bridgehead atoms. The monoisotopic (exact) mass is 372 g/mol. The second-order valence-electron chi connectivity index (χ2n) is 5.66. The molecule has 1 heterocycles. The third-order valence-corrected chi connectivity index (χ3v) is 3.15. The Bertz CT molecular complexity index is 505. The van der Waals surface area contributed by atoms with Gasteiger partial charge in [-0.25, -0.2) is 18.7 Å². The summed E-state index contributed by atoms with van der Waals surface area (Å²) in [6.45, 7) is 7.21. The lowest BCUT2D eigenvalue weighted by atomic mass is 10.1. The minimum absolute atomic E-state index is 0.208. The Morgan fingerprint density at radius 3 is 2.45 bits per heavy atom. The highest BCUT2D eigenvalue weighted by atomic mass is 79.9. The first-order valence-electron chi connectivity index (χ1n) is 7.01. The average molecular weight is 373 g/mol. The van der Waals surface area contributed by atoms with E-state index in [0.29, 0.717) is 6.42 Å². The normalized spacial score (nSPS) is 12.4. The van der Waals surface area contributed by atoms with Crippen LogP contribution in [0.4, 0.5) is 10.7 Å². The Labute approximate surface area is 138 Å². The molecule has 0 aromatic carbocycles. The van der Waals surface area contributed by atoms with Crippen molar-refractivity contribution in [2.75, 3.05) is 3.93 Å². The summed E-state index contributed by atoms with van der Waals surface area (Å²) in [5, 5.41) is 2.59. The molecule has 1 rings (SSSR count). The fourth-order valence-corrected chi connectivity index (χ4v) is 2.05. The fraction of sp³-hybridized carbons (Fsp3) is 0.571. The van der Waals surface area contributed by atoms with Crippen LogP contribution < -0.4 is 9.24 Å². The molecule has 122 valence electrons. The molecule has 0 spiro atoms. The van der Waals surface area contributed by atoms with Gasteiger partial charge in [-0.3, -0.25) is 4.79 Å². The van der Waals surface area contributed by atoms with E-state index in [1.165, 1.54) is 12.4 Å². The predicted molar refractivity (Wildman–Crippen MR) is 86.5 cm³/mol. The molecule has 22 heavy (non-hydrogen) atoms. The van der Waals surface area contributed by atoms with Crippen molar-refractivity contribution in [3.8, 4) is 0 Å². The Morgan fingerprint density at radius 1 is 1.36 bits per heavy atom. The number of halogens is 1. The smallest absolute Gasteiger partial charge is 0.408 e. The van der Waals surface area contributed by atoms with E-state index >= 15 is 0 Å². The summed E-state index contributed by atoms with van der Waals surface area (Å²) in [4.78, 5) is 32.3. The van der Waals surface area contributed by atoms with Gasteiger partial charge in [-0.05, 0) is 33.3 Å². The number of rotatable bonds is 5. The maximum atomic E-state index is 12.5. The molecule has 7 nitrogen and oxygen atoms in total. The number of nitrogens with zero attached hydrogens (tertiary/aromatic N) is 3. The number of aromatic nitrogens is 2. The van der Waals surface area contributed by atoms with Crippen LogP contribution in [0.15, 0.2) is 18.5 Å². The maximum absolute atomic E-state index is 12.5. The van der Waals surface area contributed by atoms with Gasteiger partial charge in [0.15, 0.2) is 0 Å². The number of anilines is 1. The molecule has 0 aliphatic heterocycles. The summed E-state index contributed by atoms with van der Waals surface area (Å²) in [6, 6.07) is 0.931. The molecular weight excluding hydrogens is 352 g/mol. The van der Waals surface area contributed by atoms with Gasteiger partial charge in [0, 0.05) is 12.4 Å². The molecule has 0 aliphatic carbocycles.